The summed E-state index contributed by atoms with van der Waals surface area (Å²) in [5.41, 5.74) is 6.54. The third-order valence-corrected chi connectivity index (χ3v) is 3.32. The van der Waals surface area contributed by atoms with Gasteiger partial charge in [-0.3, -0.25) is 4.79 Å². The first-order valence-corrected chi connectivity index (χ1v) is 6.25. The van der Waals surface area contributed by atoms with Crippen molar-refractivity contribution in [3.05, 3.63) is 29.1 Å². The van der Waals surface area contributed by atoms with Gasteiger partial charge in [0.1, 0.15) is 5.82 Å². The normalized spacial score (nSPS) is 10.8. The first-order chi connectivity index (χ1) is 8.42. The lowest BCUT2D eigenvalue weighted by Crippen LogP contribution is -2.36. The number of nitrogen functional groups attached to an aromatic ring is 1. The average molecular weight is 252 g/mol. The smallest absolute Gasteiger partial charge is 0.256 e. The first kappa shape index (κ1) is 14.5. The summed E-state index contributed by atoms with van der Waals surface area (Å²) in [7, 11) is 1.71. The molecule has 1 rings (SSSR count). The van der Waals surface area contributed by atoms with E-state index in [-0.39, 0.29) is 17.5 Å². The van der Waals surface area contributed by atoms with Gasteiger partial charge in [-0.05, 0) is 37.5 Å². The molecule has 2 N–H and O–H groups in total. The van der Waals surface area contributed by atoms with E-state index in [2.05, 4.69) is 0 Å². The van der Waals surface area contributed by atoms with E-state index in [1.54, 1.807) is 18.9 Å². The molecule has 0 spiro atoms. The molecule has 0 saturated carbocycles. The van der Waals surface area contributed by atoms with Crippen LogP contribution in [0.2, 0.25) is 0 Å². The van der Waals surface area contributed by atoms with Crippen LogP contribution in [0.3, 0.4) is 0 Å². The summed E-state index contributed by atoms with van der Waals surface area (Å²) in [6.07, 6.45) is 1.70. The molecular weight excluding hydrogens is 231 g/mol. The molecule has 0 fully saturated rings. The van der Waals surface area contributed by atoms with E-state index in [1.807, 2.05) is 13.8 Å². The predicted octanol–water partition coefficient (Wildman–Crippen LogP) is 2.98. The van der Waals surface area contributed by atoms with Crippen molar-refractivity contribution in [1.82, 2.24) is 4.90 Å². The molecule has 0 aliphatic carbocycles. The molecule has 1 amide bonds. The van der Waals surface area contributed by atoms with Crippen LogP contribution in [0.15, 0.2) is 12.1 Å². The second-order valence-electron chi connectivity index (χ2n) is 4.59. The highest BCUT2D eigenvalue weighted by atomic mass is 19.1. The van der Waals surface area contributed by atoms with E-state index >= 15 is 0 Å². The molecule has 0 aliphatic heterocycles. The molecule has 0 radical (unpaired) electrons. The summed E-state index contributed by atoms with van der Waals surface area (Å²) in [4.78, 5) is 13.9. The first-order valence-electron chi connectivity index (χ1n) is 6.25. The fraction of sp³-hybridized carbons (Fsp3) is 0.500. The van der Waals surface area contributed by atoms with Gasteiger partial charge >= 0.3 is 0 Å². The third kappa shape index (κ3) is 2.81. The Morgan fingerprint density at radius 2 is 1.94 bits per heavy atom. The topological polar surface area (TPSA) is 46.3 Å². The molecule has 3 nitrogen and oxygen atoms in total. The molecule has 0 bridgehead atoms. The highest BCUT2D eigenvalue weighted by molar-refractivity contribution is 5.95. The van der Waals surface area contributed by atoms with E-state index in [1.165, 1.54) is 12.1 Å². The summed E-state index contributed by atoms with van der Waals surface area (Å²) in [6.45, 7) is 5.64. The Morgan fingerprint density at radius 3 is 2.44 bits per heavy atom. The summed E-state index contributed by atoms with van der Waals surface area (Å²) >= 11 is 0. The monoisotopic (exact) mass is 252 g/mol. The van der Waals surface area contributed by atoms with Crippen LogP contribution in [-0.4, -0.2) is 23.9 Å². The van der Waals surface area contributed by atoms with Crippen molar-refractivity contribution < 1.29 is 9.18 Å². The zero-order chi connectivity index (χ0) is 13.9. The number of hydrogen-bond donors (Lipinski definition) is 1. The number of halogens is 1. The molecule has 0 atom stereocenters. The number of benzene rings is 1. The van der Waals surface area contributed by atoms with Gasteiger partial charge in [-0.1, -0.05) is 13.8 Å². The van der Waals surface area contributed by atoms with Gasteiger partial charge in [0.15, 0.2) is 0 Å². The van der Waals surface area contributed by atoms with Crippen molar-refractivity contribution in [1.29, 1.82) is 0 Å². The lowest BCUT2D eigenvalue weighted by Gasteiger charge is -2.26. The zero-order valence-corrected chi connectivity index (χ0v) is 11.5. The second-order valence-corrected chi connectivity index (χ2v) is 4.59. The van der Waals surface area contributed by atoms with Crippen molar-refractivity contribution in [2.75, 3.05) is 12.8 Å². The van der Waals surface area contributed by atoms with Crippen LogP contribution in [0.1, 0.15) is 42.6 Å². The van der Waals surface area contributed by atoms with Crippen molar-refractivity contribution in [2.45, 2.75) is 39.7 Å². The van der Waals surface area contributed by atoms with E-state index in [4.69, 9.17) is 5.73 Å². The molecule has 0 aliphatic rings. The van der Waals surface area contributed by atoms with Crippen molar-refractivity contribution in [2.24, 2.45) is 0 Å². The molecule has 1 aromatic rings. The molecule has 100 valence electrons. The Kier molecular flexibility index (Phi) is 4.70. The lowest BCUT2D eigenvalue weighted by molar-refractivity contribution is 0.0719. The van der Waals surface area contributed by atoms with Crippen LogP contribution >= 0.6 is 0 Å². The summed E-state index contributed by atoms with van der Waals surface area (Å²) in [6, 6.07) is 3.06. The van der Waals surface area contributed by atoms with Crippen LogP contribution in [-0.2, 0) is 0 Å². The number of nitrogens with two attached hydrogens (primary N) is 1. The largest absolute Gasteiger partial charge is 0.399 e. The molecule has 0 heterocycles. The zero-order valence-electron chi connectivity index (χ0n) is 11.5. The minimum Gasteiger partial charge on any atom is -0.399 e. The number of amides is 1. The van der Waals surface area contributed by atoms with Gasteiger partial charge in [0.2, 0.25) is 0 Å². The van der Waals surface area contributed by atoms with Crippen LogP contribution in [0.5, 0.6) is 0 Å². The minimum atomic E-state index is -0.480. The highest BCUT2D eigenvalue weighted by Gasteiger charge is 2.22. The minimum absolute atomic E-state index is 0.0573. The predicted molar refractivity (Wildman–Crippen MR) is 72.0 cm³/mol. The maximum atomic E-state index is 14.0. The Balaban J connectivity index is 3.11. The molecular formula is C14H21FN2O. The van der Waals surface area contributed by atoms with E-state index in [9.17, 15) is 9.18 Å². The average Bonchev–Trinajstić information content (AvgIpc) is 2.34. The van der Waals surface area contributed by atoms with Crippen molar-refractivity contribution in [3.8, 4) is 0 Å². The maximum Gasteiger partial charge on any atom is 0.256 e. The highest BCUT2D eigenvalue weighted by Crippen LogP contribution is 2.20. The number of rotatable bonds is 4. The Hall–Kier alpha value is -1.58. The van der Waals surface area contributed by atoms with Gasteiger partial charge in [0.25, 0.3) is 5.91 Å². The van der Waals surface area contributed by atoms with Gasteiger partial charge in [0, 0.05) is 18.8 Å². The lowest BCUT2D eigenvalue weighted by atomic mass is 10.1. The molecule has 0 aromatic heterocycles. The summed E-state index contributed by atoms with van der Waals surface area (Å²) in [5.74, 6) is -0.788. The molecule has 0 saturated heterocycles. The fourth-order valence-corrected chi connectivity index (χ4v) is 2.15. The molecule has 0 unspecified atom stereocenters. The van der Waals surface area contributed by atoms with E-state index in [0.29, 0.717) is 11.3 Å². The van der Waals surface area contributed by atoms with Gasteiger partial charge in [-0.15, -0.1) is 0 Å². The standard InChI is InChI=1S/C14H21FN2O/c1-5-11(6-2)17(4)14(18)12-8-10(16)7-9(3)13(12)15/h7-8,11H,5-6,16H2,1-4H3. The van der Waals surface area contributed by atoms with Crippen LogP contribution in [0.4, 0.5) is 10.1 Å². The summed E-state index contributed by atoms with van der Waals surface area (Å²) < 4.78 is 14.0. The third-order valence-electron chi connectivity index (χ3n) is 3.32. The number of aryl methyl sites for hydroxylation is 1. The molecule has 1 aromatic carbocycles. The number of carbonyl (C=O) groups is 1. The van der Waals surface area contributed by atoms with Crippen molar-refractivity contribution in [3.63, 3.8) is 0 Å². The van der Waals surface area contributed by atoms with Crippen LogP contribution < -0.4 is 5.73 Å². The van der Waals surface area contributed by atoms with E-state index < -0.39 is 5.82 Å². The van der Waals surface area contributed by atoms with Crippen molar-refractivity contribution >= 4 is 11.6 Å². The molecule has 4 heteroatoms. The Labute approximate surface area is 108 Å². The number of hydrogen-bond acceptors (Lipinski definition) is 2. The molecule has 18 heavy (non-hydrogen) atoms. The van der Waals surface area contributed by atoms with Gasteiger partial charge in [-0.2, -0.15) is 0 Å². The Bertz CT molecular complexity index is 442. The van der Waals surface area contributed by atoms with Gasteiger partial charge in [-0.25, -0.2) is 4.39 Å². The van der Waals surface area contributed by atoms with Gasteiger partial charge in [0.05, 0.1) is 5.56 Å². The second kappa shape index (κ2) is 5.85. The summed E-state index contributed by atoms with van der Waals surface area (Å²) in [5, 5.41) is 0. The Morgan fingerprint density at radius 1 is 1.39 bits per heavy atom. The number of carbonyl (C=O) groups excluding carboxylic acids is 1. The number of nitrogens with zero attached hydrogens (tertiary/aromatic N) is 1. The fourth-order valence-electron chi connectivity index (χ4n) is 2.15. The van der Waals surface area contributed by atoms with Crippen LogP contribution in [0.25, 0.3) is 0 Å². The quantitative estimate of drug-likeness (QED) is 0.837. The maximum absolute atomic E-state index is 14.0. The number of anilines is 1. The van der Waals surface area contributed by atoms with Crippen LogP contribution in [0, 0.1) is 12.7 Å². The van der Waals surface area contributed by atoms with Gasteiger partial charge < -0.3 is 10.6 Å². The van der Waals surface area contributed by atoms with E-state index in [0.717, 1.165) is 12.8 Å². The SMILES string of the molecule is CCC(CC)N(C)C(=O)c1cc(N)cc(C)c1F.